The third-order valence-corrected chi connectivity index (χ3v) is 12.0. The number of hydrogen-bond acceptors (Lipinski definition) is 9. The lowest BCUT2D eigenvalue weighted by atomic mass is 9.92. The van der Waals surface area contributed by atoms with Gasteiger partial charge in [-0.05, 0) is 81.7 Å². The van der Waals surface area contributed by atoms with Gasteiger partial charge in [0.15, 0.2) is 0 Å². The predicted octanol–water partition coefficient (Wildman–Crippen LogP) is 5.60. The molecule has 5 heterocycles. The molecule has 2 aromatic carbocycles. The average Bonchev–Trinajstić information content (AvgIpc) is 3.66. The van der Waals surface area contributed by atoms with Gasteiger partial charge in [0.1, 0.15) is 11.8 Å². The molecule has 0 bridgehead atoms. The van der Waals surface area contributed by atoms with E-state index in [1.54, 1.807) is 35.5 Å². The first-order valence-corrected chi connectivity index (χ1v) is 19.9. The van der Waals surface area contributed by atoms with Crippen LogP contribution in [0.3, 0.4) is 0 Å². The van der Waals surface area contributed by atoms with E-state index in [1.165, 1.54) is 0 Å². The second-order valence-electron chi connectivity index (χ2n) is 15.1. The maximum absolute atomic E-state index is 13.6. The van der Waals surface area contributed by atoms with E-state index in [0.717, 1.165) is 68.0 Å². The van der Waals surface area contributed by atoms with Crippen molar-refractivity contribution in [1.82, 2.24) is 30.1 Å². The van der Waals surface area contributed by atoms with Crippen LogP contribution in [0.15, 0.2) is 61.1 Å². The molecule has 8 rings (SSSR count). The highest BCUT2D eigenvalue weighted by Gasteiger charge is 2.33. The first kappa shape index (κ1) is 37.3. The molecule has 14 nitrogen and oxygen atoms in total. The normalized spacial score (nSPS) is 21.1. The summed E-state index contributed by atoms with van der Waals surface area (Å²) < 4.78 is 8.34. The van der Waals surface area contributed by atoms with Crippen molar-refractivity contribution in [3.05, 3.63) is 77.2 Å². The Bertz CT molecular complexity index is 2160. The smallest absolute Gasteiger partial charge is 0.328 e. The Morgan fingerprint density at radius 2 is 1.66 bits per heavy atom. The van der Waals surface area contributed by atoms with Crippen LogP contribution in [0.2, 0.25) is 5.02 Å². The first-order valence-electron chi connectivity index (χ1n) is 19.5. The summed E-state index contributed by atoms with van der Waals surface area (Å²) in [6, 6.07) is 15.0. The fraction of sp³-hybridized carbons (Fsp3) is 0.439. The molecule has 4 fully saturated rings. The van der Waals surface area contributed by atoms with Crippen LogP contribution in [-0.2, 0) is 9.59 Å². The van der Waals surface area contributed by atoms with E-state index >= 15 is 0 Å². The van der Waals surface area contributed by atoms with Gasteiger partial charge in [0, 0.05) is 87.2 Å². The molecule has 15 heteroatoms. The quantitative estimate of drug-likeness (QED) is 0.232. The van der Waals surface area contributed by atoms with E-state index in [4.69, 9.17) is 21.6 Å². The monoisotopic (exact) mass is 777 g/mol. The third-order valence-electron chi connectivity index (χ3n) is 11.7. The molecule has 56 heavy (non-hydrogen) atoms. The number of carbonyl (C=O) groups is 4. The van der Waals surface area contributed by atoms with Crippen molar-refractivity contribution in [2.24, 2.45) is 5.92 Å². The molecule has 3 aliphatic heterocycles. The van der Waals surface area contributed by atoms with Crippen LogP contribution in [0.4, 0.5) is 16.4 Å². The van der Waals surface area contributed by atoms with Gasteiger partial charge in [-0.25, -0.2) is 14.8 Å². The largest absolute Gasteiger partial charge is 0.490 e. The number of nitriles is 1. The zero-order valence-corrected chi connectivity index (χ0v) is 31.8. The van der Waals surface area contributed by atoms with Crippen molar-refractivity contribution in [3.63, 3.8) is 0 Å². The second-order valence-corrected chi connectivity index (χ2v) is 15.5. The zero-order valence-electron chi connectivity index (χ0n) is 31.0. The Morgan fingerprint density at radius 1 is 0.911 bits per heavy atom. The molecule has 0 atom stereocenters. The van der Waals surface area contributed by atoms with Crippen molar-refractivity contribution in [2.45, 2.75) is 76.0 Å². The Morgan fingerprint density at radius 3 is 2.36 bits per heavy atom. The fourth-order valence-corrected chi connectivity index (χ4v) is 8.73. The topological polar surface area (TPSA) is 166 Å². The van der Waals surface area contributed by atoms with Gasteiger partial charge >= 0.3 is 6.03 Å². The average molecular weight is 778 g/mol. The van der Waals surface area contributed by atoms with Gasteiger partial charge in [0.25, 0.3) is 5.91 Å². The second kappa shape index (κ2) is 16.2. The number of hydrogen-bond donors (Lipinski definition) is 2. The van der Waals surface area contributed by atoms with Crippen molar-refractivity contribution < 1.29 is 23.9 Å². The molecule has 5 amide bonds. The Labute approximate surface area is 329 Å². The maximum Gasteiger partial charge on any atom is 0.328 e. The number of nitrogens with zero attached hydrogens (tertiary/aromatic N) is 7. The van der Waals surface area contributed by atoms with Gasteiger partial charge in [-0.3, -0.25) is 24.6 Å². The lowest BCUT2D eigenvalue weighted by Crippen LogP contribution is -2.49. The SMILES string of the molecule is N#Cc1ccc(OC2CCC(NC(=O)c3cnc(N4CCC(C(=O)N5CCC(n6ccc7c(N8CCC(=O)NC8=O)cccc76)CC5)CC4)nc3)CC2)cc1Cl. The summed E-state index contributed by atoms with van der Waals surface area (Å²) in [6.07, 6.45) is 11.8. The van der Waals surface area contributed by atoms with E-state index in [1.807, 2.05) is 23.1 Å². The van der Waals surface area contributed by atoms with E-state index in [0.29, 0.717) is 60.6 Å². The number of anilines is 2. The molecule has 2 aromatic heterocycles. The van der Waals surface area contributed by atoms with Crippen molar-refractivity contribution in [3.8, 4) is 11.8 Å². The number of carbonyl (C=O) groups excluding carboxylic acids is 4. The minimum Gasteiger partial charge on any atom is -0.490 e. The summed E-state index contributed by atoms with van der Waals surface area (Å²) in [5.41, 5.74) is 2.66. The minimum absolute atomic E-state index is 0.0155. The molecule has 4 aliphatic rings. The standard InChI is InChI=1S/C41H44ClN9O5/c42-34-22-32(7-4-27(34)23-43)56-31-8-5-29(6-9-31)46-38(53)28-24-44-40(45-25-28)49-16-10-26(11-17-49)39(54)48-18-12-30(13-19-48)50-20-14-33-35(50)2-1-3-36(33)51-21-15-37(52)47-41(51)55/h1-4,7,14,20,22,24-26,29-31H,5-6,8-13,15-19,21H2,(H,46,53)(H,47,52,55). The summed E-state index contributed by atoms with van der Waals surface area (Å²) in [5.74, 6) is 0.905. The Kier molecular flexibility index (Phi) is 10.8. The molecule has 2 N–H and O–H groups in total. The van der Waals surface area contributed by atoms with E-state index in [2.05, 4.69) is 48.4 Å². The van der Waals surface area contributed by atoms with Gasteiger partial charge in [-0.1, -0.05) is 17.7 Å². The molecule has 4 aromatic rings. The minimum atomic E-state index is -0.392. The zero-order chi connectivity index (χ0) is 38.8. The molecule has 1 saturated carbocycles. The maximum atomic E-state index is 13.6. The number of piperidine rings is 2. The Hall–Kier alpha value is -5.68. The number of halogens is 1. The van der Waals surface area contributed by atoms with Gasteiger partial charge in [0.2, 0.25) is 17.8 Å². The van der Waals surface area contributed by atoms with Gasteiger partial charge in [0.05, 0.1) is 33.5 Å². The number of imide groups is 1. The number of fused-ring (bicyclic) bond motifs is 1. The molecular formula is C41H44ClN9O5. The number of aromatic nitrogens is 3. The van der Waals surface area contributed by atoms with Crippen LogP contribution in [0.5, 0.6) is 5.75 Å². The lowest BCUT2D eigenvalue weighted by Gasteiger charge is -2.37. The van der Waals surface area contributed by atoms with Crippen LogP contribution in [-0.4, -0.2) is 88.1 Å². The number of benzene rings is 2. The molecule has 0 unspecified atom stereocenters. The van der Waals surface area contributed by atoms with Crippen LogP contribution in [0.1, 0.15) is 79.8 Å². The first-order chi connectivity index (χ1) is 27.2. The van der Waals surface area contributed by atoms with Crippen LogP contribution >= 0.6 is 11.6 Å². The highest BCUT2D eigenvalue weighted by atomic mass is 35.5. The van der Waals surface area contributed by atoms with Crippen molar-refractivity contribution in [2.75, 3.05) is 42.5 Å². The Balaban J connectivity index is 0.777. The summed E-state index contributed by atoms with van der Waals surface area (Å²) in [5, 5.41) is 16.0. The van der Waals surface area contributed by atoms with Gasteiger partial charge in [-0.15, -0.1) is 0 Å². The number of nitrogens with one attached hydrogen (secondary N) is 2. The number of urea groups is 1. The predicted molar refractivity (Wildman–Crippen MR) is 210 cm³/mol. The van der Waals surface area contributed by atoms with Gasteiger partial charge < -0.3 is 24.4 Å². The van der Waals surface area contributed by atoms with Crippen molar-refractivity contribution in [1.29, 1.82) is 5.26 Å². The van der Waals surface area contributed by atoms with E-state index in [9.17, 15) is 19.2 Å². The number of rotatable bonds is 8. The lowest BCUT2D eigenvalue weighted by molar-refractivity contribution is -0.137. The van der Waals surface area contributed by atoms with Crippen molar-refractivity contribution >= 4 is 57.9 Å². The number of ether oxygens (including phenoxy) is 1. The number of likely N-dealkylation sites (tertiary alicyclic amines) is 1. The van der Waals surface area contributed by atoms with Crippen LogP contribution in [0, 0.1) is 17.2 Å². The molecule has 0 spiro atoms. The fourth-order valence-electron chi connectivity index (χ4n) is 8.52. The summed E-state index contributed by atoms with van der Waals surface area (Å²) in [7, 11) is 0. The van der Waals surface area contributed by atoms with Crippen LogP contribution < -0.4 is 25.2 Å². The van der Waals surface area contributed by atoms with Crippen LogP contribution in [0.25, 0.3) is 10.9 Å². The molecule has 3 saturated heterocycles. The molecule has 1 aliphatic carbocycles. The van der Waals surface area contributed by atoms with E-state index in [-0.39, 0.29) is 48.2 Å². The summed E-state index contributed by atoms with van der Waals surface area (Å²) in [6.45, 7) is 3.07. The summed E-state index contributed by atoms with van der Waals surface area (Å²) in [4.78, 5) is 65.6. The molecule has 290 valence electrons. The summed E-state index contributed by atoms with van der Waals surface area (Å²) >= 11 is 6.14. The highest BCUT2D eigenvalue weighted by molar-refractivity contribution is 6.31. The van der Waals surface area contributed by atoms with E-state index < -0.39 is 6.03 Å². The number of amides is 5. The molecular weight excluding hydrogens is 734 g/mol. The van der Waals surface area contributed by atoms with Gasteiger partial charge in [-0.2, -0.15) is 5.26 Å². The molecule has 0 radical (unpaired) electrons. The highest BCUT2D eigenvalue weighted by Crippen LogP contribution is 2.34. The third kappa shape index (κ3) is 7.86.